The molecule has 0 aliphatic rings. The zero-order valence-corrected chi connectivity index (χ0v) is 28.1. The summed E-state index contributed by atoms with van der Waals surface area (Å²) in [6.07, 6.45) is -12.2. The van der Waals surface area contributed by atoms with Crippen LogP contribution in [0, 0.1) is 20.8 Å². The zero-order chi connectivity index (χ0) is 40.5. The molecule has 0 saturated heterocycles. The molecule has 22 heteroatoms. The molecule has 0 aliphatic carbocycles. The minimum absolute atomic E-state index is 0.0586. The van der Waals surface area contributed by atoms with E-state index in [9.17, 15) is 52.7 Å². The predicted molar refractivity (Wildman–Crippen MR) is 172 cm³/mol. The number of aromatic nitrogens is 8. The molecule has 0 aliphatic heterocycles. The number of imidazole rings is 2. The van der Waals surface area contributed by atoms with Gasteiger partial charge in [0.2, 0.25) is 0 Å². The average molecular weight is 789 g/mol. The van der Waals surface area contributed by atoms with Crippen molar-refractivity contribution in [2.45, 2.75) is 45.5 Å². The van der Waals surface area contributed by atoms with Gasteiger partial charge >= 0.3 is 24.7 Å². The summed E-state index contributed by atoms with van der Waals surface area (Å²) in [6, 6.07) is 8.45. The summed E-state index contributed by atoms with van der Waals surface area (Å²) in [5.74, 6) is 0.601. The van der Waals surface area contributed by atoms with Gasteiger partial charge in [-0.1, -0.05) is 0 Å². The van der Waals surface area contributed by atoms with E-state index in [1.807, 2.05) is 0 Å². The monoisotopic (exact) mass is 788 g/mol. The molecule has 4 heterocycles. The van der Waals surface area contributed by atoms with Crippen LogP contribution >= 0.6 is 0 Å². The highest BCUT2D eigenvalue weighted by atomic mass is 19.4. The molecule has 55 heavy (non-hydrogen) atoms. The molecule has 0 atom stereocenters. The Bertz CT molecular complexity index is 2250. The van der Waals surface area contributed by atoms with E-state index in [1.165, 1.54) is 74.4 Å². The number of hydrogen-bond donors (Lipinski definition) is 2. The maximum atomic E-state index is 13.0. The number of alkyl halides is 12. The van der Waals surface area contributed by atoms with Gasteiger partial charge in [-0.2, -0.15) is 52.7 Å². The van der Waals surface area contributed by atoms with Crippen LogP contribution in [-0.2, 0) is 24.7 Å². The van der Waals surface area contributed by atoms with E-state index in [4.69, 9.17) is 0 Å². The highest BCUT2D eigenvalue weighted by molar-refractivity contribution is 5.57. The van der Waals surface area contributed by atoms with E-state index < -0.39 is 47.2 Å². The standard InChI is InChI=1S/C17H13F6N5.C16H11F6N5/c1-9-15(17(21,22)23)25-10(2)28(9)14-8-24-7-13(27-14)26-12-5-3-11(4-6-12)16(18,19)20;1-9-24-12(16(20,21)22)8-27(9)14-7-23-6-13(26-14)25-11-4-2-10(3-5-11)15(17,18)19/h3-8H,1-2H3,(H,26,27);2-8H,1H3,(H,25,26). The third-order valence-electron chi connectivity index (χ3n) is 7.41. The minimum atomic E-state index is -4.61. The van der Waals surface area contributed by atoms with Crippen molar-refractivity contribution in [1.29, 1.82) is 0 Å². The molecule has 6 aromatic rings. The lowest BCUT2D eigenvalue weighted by atomic mass is 10.2. The molecule has 4 aromatic heterocycles. The number of anilines is 4. The predicted octanol–water partition coefficient (Wildman–Crippen LogP) is 9.81. The Balaban J connectivity index is 0.000000211. The van der Waals surface area contributed by atoms with Gasteiger partial charge in [-0.3, -0.25) is 19.1 Å². The molecule has 0 amide bonds. The molecular formula is C33H24F12N10. The molecule has 0 saturated carbocycles. The van der Waals surface area contributed by atoms with Gasteiger partial charge in [-0.05, 0) is 69.3 Å². The number of benzene rings is 2. The Hall–Kier alpha value is -6.22. The maximum Gasteiger partial charge on any atom is 0.435 e. The molecule has 0 spiro atoms. The van der Waals surface area contributed by atoms with Gasteiger partial charge in [0, 0.05) is 17.6 Å². The van der Waals surface area contributed by atoms with Crippen molar-refractivity contribution in [2.24, 2.45) is 0 Å². The molecule has 0 bridgehead atoms. The van der Waals surface area contributed by atoms with E-state index in [2.05, 4.69) is 40.5 Å². The number of nitrogens with zero attached hydrogens (tertiary/aromatic N) is 8. The van der Waals surface area contributed by atoms with Crippen molar-refractivity contribution >= 4 is 23.0 Å². The first-order valence-electron chi connectivity index (χ1n) is 15.3. The lowest BCUT2D eigenvalue weighted by molar-refractivity contribution is -0.142. The van der Waals surface area contributed by atoms with Gasteiger partial charge in [0.1, 0.15) is 11.6 Å². The van der Waals surface area contributed by atoms with Gasteiger partial charge in [-0.25, -0.2) is 19.9 Å². The minimum Gasteiger partial charge on any atom is -0.339 e. The summed E-state index contributed by atoms with van der Waals surface area (Å²) in [5.41, 5.74) is -3.21. The second-order valence-corrected chi connectivity index (χ2v) is 11.4. The topological polar surface area (TPSA) is 111 Å². The second-order valence-electron chi connectivity index (χ2n) is 11.4. The fraction of sp³-hybridized carbons (Fsp3) is 0.212. The normalized spacial score (nSPS) is 12.3. The summed E-state index contributed by atoms with van der Waals surface area (Å²) in [7, 11) is 0. The number of halogens is 12. The van der Waals surface area contributed by atoms with Gasteiger partial charge in [0.15, 0.2) is 34.7 Å². The second kappa shape index (κ2) is 14.9. The highest BCUT2D eigenvalue weighted by Gasteiger charge is 2.38. The Kier molecular flexibility index (Phi) is 10.8. The Morgan fingerprint density at radius 3 is 1.35 bits per heavy atom. The van der Waals surface area contributed by atoms with E-state index in [0.717, 1.165) is 35.0 Å². The van der Waals surface area contributed by atoms with Crippen LogP contribution in [0.1, 0.15) is 39.9 Å². The zero-order valence-electron chi connectivity index (χ0n) is 28.1. The van der Waals surface area contributed by atoms with Crippen LogP contribution in [0.25, 0.3) is 11.6 Å². The van der Waals surface area contributed by atoms with Crippen LogP contribution in [0.5, 0.6) is 0 Å². The molecule has 10 nitrogen and oxygen atoms in total. The summed E-state index contributed by atoms with van der Waals surface area (Å²) < 4.78 is 155. The number of nitrogens with one attached hydrogen (secondary N) is 2. The van der Waals surface area contributed by atoms with E-state index in [-0.39, 0.29) is 40.6 Å². The van der Waals surface area contributed by atoms with Crippen LogP contribution in [0.15, 0.2) is 79.5 Å². The van der Waals surface area contributed by atoms with Gasteiger partial charge in [-0.15, -0.1) is 0 Å². The lowest BCUT2D eigenvalue weighted by Gasteiger charge is -2.11. The molecule has 2 aromatic carbocycles. The first kappa shape index (κ1) is 40.0. The first-order chi connectivity index (χ1) is 25.5. The third-order valence-corrected chi connectivity index (χ3v) is 7.41. The quantitative estimate of drug-likeness (QED) is 0.161. The third kappa shape index (κ3) is 9.67. The Morgan fingerprint density at radius 1 is 0.491 bits per heavy atom. The van der Waals surface area contributed by atoms with Gasteiger partial charge < -0.3 is 10.6 Å². The van der Waals surface area contributed by atoms with Gasteiger partial charge in [0.05, 0.1) is 41.6 Å². The molecule has 0 fully saturated rings. The Morgan fingerprint density at radius 2 is 0.945 bits per heavy atom. The molecule has 0 radical (unpaired) electrons. The van der Waals surface area contributed by atoms with Crippen LogP contribution in [-0.4, -0.2) is 39.0 Å². The molecule has 2 N–H and O–H groups in total. The number of hydrogen-bond acceptors (Lipinski definition) is 8. The smallest absolute Gasteiger partial charge is 0.339 e. The van der Waals surface area contributed by atoms with Crippen LogP contribution in [0.2, 0.25) is 0 Å². The van der Waals surface area contributed by atoms with Crippen molar-refractivity contribution in [3.63, 3.8) is 0 Å². The fourth-order valence-corrected chi connectivity index (χ4v) is 4.93. The molecule has 6 rings (SSSR count). The maximum absolute atomic E-state index is 13.0. The first-order valence-corrected chi connectivity index (χ1v) is 15.3. The van der Waals surface area contributed by atoms with E-state index >= 15 is 0 Å². The molecular weight excluding hydrogens is 764 g/mol. The van der Waals surface area contributed by atoms with Crippen molar-refractivity contribution in [2.75, 3.05) is 10.6 Å². The molecule has 0 unspecified atom stereocenters. The van der Waals surface area contributed by atoms with Crippen molar-refractivity contribution in [3.05, 3.63) is 119 Å². The van der Waals surface area contributed by atoms with Crippen molar-refractivity contribution in [1.82, 2.24) is 39.0 Å². The fourth-order valence-electron chi connectivity index (χ4n) is 4.93. The van der Waals surface area contributed by atoms with Crippen molar-refractivity contribution < 1.29 is 52.7 Å². The highest BCUT2D eigenvalue weighted by Crippen LogP contribution is 2.34. The van der Waals surface area contributed by atoms with Crippen LogP contribution in [0.4, 0.5) is 75.7 Å². The van der Waals surface area contributed by atoms with E-state index in [0.29, 0.717) is 11.4 Å². The van der Waals surface area contributed by atoms with Crippen molar-refractivity contribution in [3.8, 4) is 11.6 Å². The number of aryl methyl sites for hydroxylation is 2. The number of rotatable bonds is 6. The summed E-state index contributed by atoms with van der Waals surface area (Å²) in [4.78, 5) is 23.1. The molecule has 290 valence electrons. The SMILES string of the molecule is Cc1nc(C(F)(F)F)c(C)n1-c1cncc(Nc2ccc(C(F)(F)F)cc2)n1.Cc1nc(C(F)(F)F)cn1-c1cncc(Nc2ccc(C(F)(F)F)cc2)n1. The Labute approximate surface area is 302 Å². The lowest BCUT2D eigenvalue weighted by Crippen LogP contribution is -2.09. The van der Waals surface area contributed by atoms with Crippen LogP contribution in [0.3, 0.4) is 0 Å². The summed E-state index contributed by atoms with van der Waals surface area (Å²) in [6.45, 7) is 4.05. The average Bonchev–Trinajstić information content (AvgIpc) is 3.64. The largest absolute Gasteiger partial charge is 0.435 e. The van der Waals surface area contributed by atoms with E-state index in [1.54, 1.807) is 0 Å². The van der Waals surface area contributed by atoms with Gasteiger partial charge in [0.25, 0.3) is 0 Å². The summed E-state index contributed by atoms with van der Waals surface area (Å²) in [5, 5.41) is 5.52. The summed E-state index contributed by atoms with van der Waals surface area (Å²) >= 11 is 0. The van der Waals surface area contributed by atoms with Crippen LogP contribution < -0.4 is 10.6 Å².